The maximum absolute atomic E-state index is 12.0. The Morgan fingerprint density at radius 2 is 1.40 bits per heavy atom. The molecule has 0 saturated carbocycles. The maximum atomic E-state index is 12.0. The molecule has 3 aromatic carbocycles. The minimum atomic E-state index is -0.531. The van der Waals surface area contributed by atoms with Gasteiger partial charge in [0.15, 0.2) is 0 Å². The lowest BCUT2D eigenvalue weighted by molar-refractivity contribution is 0.215. The van der Waals surface area contributed by atoms with Gasteiger partial charge in [-0.15, -0.1) is 0 Å². The van der Waals surface area contributed by atoms with E-state index in [9.17, 15) is 4.79 Å². The highest BCUT2D eigenvalue weighted by atomic mass is 16.6. The van der Waals surface area contributed by atoms with E-state index in [1.165, 1.54) is 0 Å². The summed E-state index contributed by atoms with van der Waals surface area (Å²) in [5.41, 5.74) is 2.84. The molecule has 3 aromatic rings. The van der Waals surface area contributed by atoms with Crippen molar-refractivity contribution in [2.24, 2.45) is 0 Å². The van der Waals surface area contributed by atoms with Gasteiger partial charge >= 0.3 is 6.09 Å². The molecule has 0 aliphatic carbocycles. The second-order valence-electron chi connectivity index (χ2n) is 5.36. The van der Waals surface area contributed by atoms with E-state index in [0.717, 1.165) is 16.9 Å². The van der Waals surface area contributed by atoms with Crippen molar-refractivity contribution in [1.82, 2.24) is 0 Å². The predicted molar refractivity (Wildman–Crippen MR) is 99.1 cm³/mol. The Balaban J connectivity index is 1.59. The SMILES string of the molecule is CCOc1ccc(NC(=O)Oc2ccc(-c3ccccc3)cc2)cc1. The van der Waals surface area contributed by atoms with Gasteiger partial charge in [0.1, 0.15) is 11.5 Å². The maximum Gasteiger partial charge on any atom is 0.417 e. The van der Waals surface area contributed by atoms with Crippen LogP contribution in [0.5, 0.6) is 11.5 Å². The molecule has 0 unspecified atom stereocenters. The number of hydrogen-bond donors (Lipinski definition) is 1. The van der Waals surface area contributed by atoms with Gasteiger partial charge in [0, 0.05) is 5.69 Å². The summed E-state index contributed by atoms with van der Waals surface area (Å²) in [6.45, 7) is 2.53. The standard InChI is InChI=1S/C21H19NO3/c1-2-24-19-14-10-18(11-15-19)22-21(23)25-20-12-8-17(9-13-20)16-6-4-3-5-7-16/h3-15H,2H2,1H3,(H,22,23). The van der Waals surface area contributed by atoms with Crippen LogP contribution in [0.4, 0.5) is 10.5 Å². The van der Waals surface area contributed by atoms with Crippen LogP contribution in [0.15, 0.2) is 78.9 Å². The van der Waals surface area contributed by atoms with Gasteiger partial charge in [0.05, 0.1) is 6.61 Å². The fraction of sp³-hybridized carbons (Fsp3) is 0.0952. The first kappa shape index (κ1) is 16.6. The summed E-state index contributed by atoms with van der Waals surface area (Å²) in [5, 5.41) is 2.69. The van der Waals surface area contributed by atoms with Crippen LogP contribution in [0.3, 0.4) is 0 Å². The molecule has 1 amide bonds. The smallest absolute Gasteiger partial charge is 0.417 e. The Kier molecular flexibility index (Phi) is 5.32. The van der Waals surface area contributed by atoms with E-state index in [1.807, 2.05) is 49.4 Å². The molecular weight excluding hydrogens is 314 g/mol. The van der Waals surface area contributed by atoms with E-state index in [4.69, 9.17) is 9.47 Å². The van der Waals surface area contributed by atoms with E-state index in [1.54, 1.807) is 36.4 Å². The average Bonchev–Trinajstić information content (AvgIpc) is 2.65. The molecule has 0 heterocycles. The zero-order chi connectivity index (χ0) is 17.5. The lowest BCUT2D eigenvalue weighted by Crippen LogP contribution is -2.16. The summed E-state index contributed by atoms with van der Waals surface area (Å²) >= 11 is 0. The van der Waals surface area contributed by atoms with Crippen LogP contribution in [0.2, 0.25) is 0 Å². The van der Waals surface area contributed by atoms with Gasteiger partial charge in [-0.1, -0.05) is 42.5 Å². The molecule has 0 aliphatic rings. The van der Waals surface area contributed by atoms with Crippen LogP contribution < -0.4 is 14.8 Å². The number of carbonyl (C=O) groups excluding carboxylic acids is 1. The molecule has 25 heavy (non-hydrogen) atoms. The number of anilines is 1. The van der Waals surface area contributed by atoms with Gasteiger partial charge in [0.25, 0.3) is 0 Å². The summed E-state index contributed by atoms with van der Waals surface area (Å²) < 4.78 is 10.7. The molecule has 0 saturated heterocycles. The van der Waals surface area contributed by atoms with Crippen molar-refractivity contribution >= 4 is 11.8 Å². The molecule has 4 nitrogen and oxygen atoms in total. The molecule has 0 radical (unpaired) electrons. The molecule has 0 bridgehead atoms. The Hall–Kier alpha value is -3.27. The lowest BCUT2D eigenvalue weighted by atomic mass is 10.1. The molecule has 0 aliphatic heterocycles. The molecule has 1 N–H and O–H groups in total. The third-order valence-corrected chi connectivity index (χ3v) is 3.58. The van der Waals surface area contributed by atoms with Crippen molar-refractivity contribution in [2.45, 2.75) is 6.92 Å². The number of carbonyl (C=O) groups is 1. The highest BCUT2D eigenvalue weighted by molar-refractivity contribution is 5.86. The topological polar surface area (TPSA) is 47.6 Å². The second kappa shape index (κ2) is 8.02. The average molecular weight is 333 g/mol. The molecule has 126 valence electrons. The van der Waals surface area contributed by atoms with Gasteiger partial charge in [-0.3, -0.25) is 5.32 Å². The number of benzene rings is 3. The fourth-order valence-electron chi connectivity index (χ4n) is 2.40. The monoisotopic (exact) mass is 333 g/mol. The molecule has 0 atom stereocenters. The van der Waals surface area contributed by atoms with Gasteiger partial charge in [-0.05, 0) is 54.4 Å². The third-order valence-electron chi connectivity index (χ3n) is 3.58. The van der Waals surface area contributed by atoms with Crippen LogP contribution in [0.25, 0.3) is 11.1 Å². The fourth-order valence-corrected chi connectivity index (χ4v) is 2.40. The number of amides is 1. The lowest BCUT2D eigenvalue weighted by Gasteiger charge is -2.08. The quantitative estimate of drug-likeness (QED) is 0.683. The Morgan fingerprint density at radius 3 is 2.04 bits per heavy atom. The van der Waals surface area contributed by atoms with Gasteiger partial charge in [0.2, 0.25) is 0 Å². The van der Waals surface area contributed by atoms with Crippen molar-refractivity contribution < 1.29 is 14.3 Å². The van der Waals surface area contributed by atoms with Gasteiger partial charge < -0.3 is 9.47 Å². The van der Waals surface area contributed by atoms with Crippen LogP contribution in [-0.4, -0.2) is 12.7 Å². The molecule has 0 aromatic heterocycles. The van der Waals surface area contributed by atoms with Crippen LogP contribution in [0.1, 0.15) is 6.92 Å². The number of hydrogen-bond acceptors (Lipinski definition) is 3. The largest absolute Gasteiger partial charge is 0.494 e. The first-order valence-electron chi connectivity index (χ1n) is 8.12. The van der Waals surface area contributed by atoms with Crippen LogP contribution >= 0.6 is 0 Å². The third kappa shape index (κ3) is 4.61. The summed E-state index contributed by atoms with van der Waals surface area (Å²) in [4.78, 5) is 12.0. The number of ether oxygens (including phenoxy) is 2. The van der Waals surface area contributed by atoms with Crippen LogP contribution in [0, 0.1) is 0 Å². The van der Waals surface area contributed by atoms with Crippen molar-refractivity contribution in [3.63, 3.8) is 0 Å². The summed E-state index contributed by atoms with van der Waals surface area (Å²) in [6.07, 6.45) is -0.531. The molecule has 0 fully saturated rings. The van der Waals surface area contributed by atoms with E-state index < -0.39 is 6.09 Å². The first-order valence-corrected chi connectivity index (χ1v) is 8.12. The number of nitrogens with one attached hydrogen (secondary N) is 1. The van der Waals surface area contributed by atoms with Crippen molar-refractivity contribution in [2.75, 3.05) is 11.9 Å². The normalized spacial score (nSPS) is 10.1. The zero-order valence-electron chi connectivity index (χ0n) is 13.9. The van der Waals surface area contributed by atoms with E-state index in [0.29, 0.717) is 18.0 Å². The van der Waals surface area contributed by atoms with E-state index in [2.05, 4.69) is 5.32 Å². The van der Waals surface area contributed by atoms with Crippen molar-refractivity contribution in [3.05, 3.63) is 78.9 Å². The predicted octanol–water partition coefficient (Wildman–Crippen LogP) is 5.36. The minimum Gasteiger partial charge on any atom is -0.494 e. The second-order valence-corrected chi connectivity index (χ2v) is 5.36. The van der Waals surface area contributed by atoms with Crippen molar-refractivity contribution in [3.8, 4) is 22.6 Å². The summed E-state index contributed by atoms with van der Waals surface area (Å²) in [6, 6.07) is 24.6. The van der Waals surface area contributed by atoms with E-state index in [-0.39, 0.29) is 0 Å². The molecule has 3 rings (SSSR count). The Morgan fingerprint density at radius 1 is 0.800 bits per heavy atom. The van der Waals surface area contributed by atoms with Gasteiger partial charge in [-0.2, -0.15) is 0 Å². The van der Waals surface area contributed by atoms with Gasteiger partial charge in [-0.25, -0.2) is 4.79 Å². The first-order chi connectivity index (χ1) is 12.2. The number of rotatable bonds is 5. The Labute approximate surface area is 147 Å². The van der Waals surface area contributed by atoms with E-state index >= 15 is 0 Å². The molecule has 4 heteroatoms. The highest BCUT2D eigenvalue weighted by Gasteiger charge is 2.06. The summed E-state index contributed by atoms with van der Waals surface area (Å²) in [7, 11) is 0. The zero-order valence-corrected chi connectivity index (χ0v) is 13.9. The van der Waals surface area contributed by atoms with Crippen molar-refractivity contribution in [1.29, 1.82) is 0 Å². The van der Waals surface area contributed by atoms with Crippen LogP contribution in [-0.2, 0) is 0 Å². The summed E-state index contributed by atoms with van der Waals surface area (Å²) in [5.74, 6) is 1.25. The molecule has 0 spiro atoms. The Bertz CT molecular complexity index is 812. The minimum absolute atomic E-state index is 0.489. The molecular formula is C21H19NO3. The highest BCUT2D eigenvalue weighted by Crippen LogP contribution is 2.22.